The van der Waals surface area contributed by atoms with Crippen LogP contribution < -0.4 is 11.0 Å². The molecule has 0 atom stereocenters. The number of fused-ring (bicyclic) bond motifs is 1. The van der Waals surface area contributed by atoms with Crippen LogP contribution in [0.4, 0.5) is 5.82 Å². The van der Waals surface area contributed by atoms with Crippen LogP contribution in [0.15, 0.2) is 47.3 Å². The van der Waals surface area contributed by atoms with Gasteiger partial charge in [0.25, 0.3) is 0 Å². The number of hydrogen-bond acceptors (Lipinski definition) is 3. The van der Waals surface area contributed by atoms with E-state index in [4.69, 9.17) is 11.6 Å². The zero-order chi connectivity index (χ0) is 15.0. The van der Waals surface area contributed by atoms with Crippen LogP contribution in [-0.4, -0.2) is 16.6 Å². The van der Waals surface area contributed by atoms with Gasteiger partial charge in [-0.3, -0.25) is 4.57 Å². The smallest absolute Gasteiger partial charge is 0.354 e. The fourth-order valence-corrected chi connectivity index (χ4v) is 2.61. The third kappa shape index (κ3) is 2.28. The van der Waals surface area contributed by atoms with Crippen LogP contribution in [-0.2, 0) is 0 Å². The molecular weight excluding hydrogens is 286 g/mol. The van der Waals surface area contributed by atoms with Crippen molar-refractivity contribution in [3.05, 3.63) is 63.5 Å². The molecule has 0 amide bonds. The molecule has 0 saturated heterocycles. The predicted molar refractivity (Wildman–Crippen MR) is 86.6 cm³/mol. The number of aromatic nitrogens is 2. The van der Waals surface area contributed by atoms with Crippen molar-refractivity contribution in [3.63, 3.8) is 0 Å². The number of nitrogens with zero attached hydrogens (tertiary/aromatic N) is 2. The maximum atomic E-state index is 12.4. The molecule has 0 fully saturated rings. The highest BCUT2D eigenvalue weighted by molar-refractivity contribution is 6.32. The van der Waals surface area contributed by atoms with E-state index in [2.05, 4.69) is 10.3 Å². The maximum absolute atomic E-state index is 12.4. The summed E-state index contributed by atoms with van der Waals surface area (Å²) in [4.78, 5) is 16.5. The van der Waals surface area contributed by atoms with Gasteiger partial charge in [-0.1, -0.05) is 29.8 Å². The van der Waals surface area contributed by atoms with Gasteiger partial charge in [0.1, 0.15) is 5.82 Å². The number of benzene rings is 2. The predicted octanol–water partition coefficient (Wildman–Crippen LogP) is 3.39. The minimum atomic E-state index is -0.356. The second kappa shape index (κ2) is 5.22. The van der Waals surface area contributed by atoms with Crippen LogP contribution in [0.1, 0.15) is 5.56 Å². The van der Waals surface area contributed by atoms with Crippen molar-refractivity contribution in [1.82, 2.24) is 9.55 Å². The summed E-state index contributed by atoms with van der Waals surface area (Å²) in [5.74, 6) is 0.568. The second-order valence-electron chi connectivity index (χ2n) is 4.80. The van der Waals surface area contributed by atoms with Crippen molar-refractivity contribution in [3.8, 4) is 5.69 Å². The minimum Gasteiger partial charge on any atom is -0.372 e. The van der Waals surface area contributed by atoms with E-state index >= 15 is 0 Å². The summed E-state index contributed by atoms with van der Waals surface area (Å²) < 4.78 is 1.55. The second-order valence-corrected chi connectivity index (χ2v) is 5.21. The molecular formula is C16H14ClN3O. The highest BCUT2D eigenvalue weighted by atomic mass is 35.5. The molecule has 21 heavy (non-hydrogen) atoms. The average Bonchev–Trinajstić information content (AvgIpc) is 2.47. The van der Waals surface area contributed by atoms with Crippen LogP contribution in [0.3, 0.4) is 0 Å². The Labute approximate surface area is 127 Å². The molecule has 5 heteroatoms. The molecule has 3 rings (SSSR count). The molecule has 0 aliphatic rings. The molecule has 106 valence electrons. The van der Waals surface area contributed by atoms with E-state index < -0.39 is 0 Å². The number of hydrogen-bond donors (Lipinski definition) is 1. The Morgan fingerprint density at radius 2 is 1.95 bits per heavy atom. The Morgan fingerprint density at radius 1 is 1.19 bits per heavy atom. The first-order valence-corrected chi connectivity index (χ1v) is 6.95. The molecule has 0 saturated carbocycles. The summed E-state index contributed by atoms with van der Waals surface area (Å²) in [7, 11) is 1.75. The topological polar surface area (TPSA) is 46.9 Å². The summed E-state index contributed by atoms with van der Waals surface area (Å²) in [6.45, 7) is 1.99. The largest absolute Gasteiger partial charge is 0.372 e. The average molecular weight is 300 g/mol. The fraction of sp³-hybridized carbons (Fsp3) is 0.125. The summed E-state index contributed by atoms with van der Waals surface area (Å²) in [6.07, 6.45) is 0. The Hall–Kier alpha value is -2.33. The molecule has 0 unspecified atom stereocenters. The summed E-state index contributed by atoms with van der Waals surface area (Å²) >= 11 is 6.24. The summed E-state index contributed by atoms with van der Waals surface area (Å²) in [5, 5.41) is 4.36. The molecule has 1 N–H and O–H groups in total. The van der Waals surface area contributed by atoms with Gasteiger partial charge in [-0.05, 0) is 36.8 Å². The van der Waals surface area contributed by atoms with E-state index in [1.54, 1.807) is 17.7 Å². The van der Waals surface area contributed by atoms with Crippen LogP contribution in [0.2, 0.25) is 5.02 Å². The van der Waals surface area contributed by atoms with Gasteiger partial charge in [0, 0.05) is 12.4 Å². The molecule has 4 nitrogen and oxygen atoms in total. The first kappa shape index (κ1) is 13.6. The van der Waals surface area contributed by atoms with Crippen molar-refractivity contribution in [2.24, 2.45) is 0 Å². The zero-order valence-corrected chi connectivity index (χ0v) is 12.5. The molecule has 1 heterocycles. The SMILES string of the molecule is CNc1nc(=O)n(-c2ccccc2Cl)c2cc(C)ccc12. The number of halogens is 1. The number of rotatable bonds is 2. The lowest BCUT2D eigenvalue weighted by Gasteiger charge is -2.14. The number of aryl methyl sites for hydroxylation is 1. The van der Waals surface area contributed by atoms with E-state index in [-0.39, 0.29) is 5.69 Å². The Morgan fingerprint density at radius 3 is 2.67 bits per heavy atom. The van der Waals surface area contributed by atoms with Gasteiger partial charge >= 0.3 is 5.69 Å². The van der Waals surface area contributed by atoms with Gasteiger partial charge in [0.2, 0.25) is 0 Å². The van der Waals surface area contributed by atoms with Crippen LogP contribution in [0.25, 0.3) is 16.6 Å². The Kier molecular flexibility index (Phi) is 3.39. The molecule has 0 radical (unpaired) electrons. The maximum Gasteiger partial charge on any atom is 0.354 e. The molecule has 3 aromatic rings. The van der Waals surface area contributed by atoms with E-state index in [1.165, 1.54) is 0 Å². The van der Waals surface area contributed by atoms with E-state index in [1.807, 2.05) is 43.3 Å². The van der Waals surface area contributed by atoms with Crippen LogP contribution >= 0.6 is 11.6 Å². The van der Waals surface area contributed by atoms with Gasteiger partial charge < -0.3 is 5.32 Å². The minimum absolute atomic E-state index is 0.356. The quantitative estimate of drug-likeness (QED) is 0.789. The van der Waals surface area contributed by atoms with Gasteiger partial charge in [-0.15, -0.1) is 0 Å². The highest BCUT2D eigenvalue weighted by Crippen LogP contribution is 2.26. The normalized spacial score (nSPS) is 10.8. The van der Waals surface area contributed by atoms with E-state index in [0.29, 0.717) is 16.5 Å². The van der Waals surface area contributed by atoms with Gasteiger partial charge in [-0.2, -0.15) is 4.98 Å². The Bertz CT molecular complexity index is 886. The molecule has 0 spiro atoms. The number of anilines is 1. The standard InChI is InChI=1S/C16H14ClN3O/c1-10-7-8-11-14(9-10)20(16(21)19-15(11)18-2)13-6-4-3-5-12(13)17/h3-9H,1-2H3,(H,18,19,21). The Balaban J connectivity index is 2.48. The van der Waals surface area contributed by atoms with Gasteiger partial charge in [-0.25, -0.2) is 4.79 Å². The van der Waals surface area contributed by atoms with E-state index in [0.717, 1.165) is 16.5 Å². The van der Waals surface area contributed by atoms with Crippen LogP contribution in [0, 0.1) is 6.92 Å². The van der Waals surface area contributed by atoms with Crippen molar-refractivity contribution < 1.29 is 0 Å². The molecule has 1 aromatic heterocycles. The van der Waals surface area contributed by atoms with Crippen molar-refractivity contribution >= 4 is 28.3 Å². The van der Waals surface area contributed by atoms with Crippen LogP contribution in [0.5, 0.6) is 0 Å². The summed E-state index contributed by atoms with van der Waals surface area (Å²) in [6, 6.07) is 13.2. The number of nitrogens with one attached hydrogen (secondary N) is 1. The molecule has 0 aliphatic carbocycles. The monoisotopic (exact) mass is 299 g/mol. The van der Waals surface area contributed by atoms with Crippen molar-refractivity contribution in [2.75, 3.05) is 12.4 Å². The van der Waals surface area contributed by atoms with E-state index in [9.17, 15) is 4.79 Å². The first-order chi connectivity index (χ1) is 10.1. The third-order valence-corrected chi connectivity index (χ3v) is 3.70. The zero-order valence-electron chi connectivity index (χ0n) is 11.7. The molecule has 0 aliphatic heterocycles. The van der Waals surface area contributed by atoms with Crippen molar-refractivity contribution in [2.45, 2.75) is 6.92 Å². The fourth-order valence-electron chi connectivity index (χ4n) is 2.39. The summed E-state index contributed by atoms with van der Waals surface area (Å²) in [5.41, 5.74) is 2.13. The van der Waals surface area contributed by atoms with Gasteiger partial charge in [0.05, 0.1) is 16.2 Å². The lowest BCUT2D eigenvalue weighted by atomic mass is 10.1. The molecule has 0 bridgehead atoms. The lowest BCUT2D eigenvalue weighted by molar-refractivity contribution is 0.960. The number of para-hydroxylation sites is 1. The first-order valence-electron chi connectivity index (χ1n) is 6.58. The van der Waals surface area contributed by atoms with Gasteiger partial charge in [0.15, 0.2) is 0 Å². The lowest BCUT2D eigenvalue weighted by Crippen LogP contribution is -2.23. The van der Waals surface area contributed by atoms with Crippen molar-refractivity contribution in [1.29, 1.82) is 0 Å². The highest BCUT2D eigenvalue weighted by Gasteiger charge is 2.13. The molecule has 2 aromatic carbocycles. The third-order valence-electron chi connectivity index (χ3n) is 3.38.